The third-order valence-corrected chi connectivity index (χ3v) is 8.44. The van der Waals surface area contributed by atoms with Gasteiger partial charge in [0.25, 0.3) is 0 Å². The fourth-order valence-corrected chi connectivity index (χ4v) is 6.31. The summed E-state index contributed by atoms with van der Waals surface area (Å²) < 4.78 is 16.6. The van der Waals surface area contributed by atoms with Crippen molar-refractivity contribution in [1.29, 1.82) is 0 Å². The van der Waals surface area contributed by atoms with Crippen LogP contribution in [0.5, 0.6) is 17.2 Å². The third kappa shape index (κ3) is 6.58. The lowest BCUT2D eigenvalue weighted by Crippen LogP contribution is -2.49. The molecule has 1 aromatic heterocycles. The maximum Gasteiger partial charge on any atom is 0.231 e. The van der Waals surface area contributed by atoms with Gasteiger partial charge >= 0.3 is 0 Å². The molecule has 0 spiro atoms. The number of carbonyl (C=O) groups is 2. The van der Waals surface area contributed by atoms with Gasteiger partial charge in [-0.15, -0.1) is 11.3 Å². The minimum atomic E-state index is -0.228. The fraction of sp³-hybridized carbons (Fsp3) is 0.607. The molecule has 1 atom stereocenters. The average molecular weight is 545 g/mol. The highest BCUT2D eigenvalue weighted by Crippen LogP contribution is 2.38. The lowest BCUT2D eigenvalue weighted by molar-refractivity contribution is -0.135. The molecular formula is C28H40N4O5S. The molecule has 0 bridgehead atoms. The summed E-state index contributed by atoms with van der Waals surface area (Å²) in [7, 11) is 4.92. The highest BCUT2D eigenvalue weighted by molar-refractivity contribution is 7.15. The van der Waals surface area contributed by atoms with Gasteiger partial charge in [0, 0.05) is 56.2 Å². The molecule has 0 saturated carbocycles. The molecule has 2 aliphatic rings. The van der Waals surface area contributed by atoms with Crippen LogP contribution in [0.4, 0.5) is 5.13 Å². The van der Waals surface area contributed by atoms with Gasteiger partial charge < -0.3 is 24.4 Å². The number of thiazole rings is 1. The van der Waals surface area contributed by atoms with Crippen molar-refractivity contribution >= 4 is 28.3 Å². The maximum absolute atomic E-state index is 13.6. The molecule has 4 rings (SSSR count). The Morgan fingerprint density at radius 3 is 2.39 bits per heavy atom. The number of ether oxygens (including phenoxy) is 3. The van der Waals surface area contributed by atoms with Crippen molar-refractivity contribution in [2.45, 2.75) is 64.3 Å². The zero-order valence-electron chi connectivity index (χ0n) is 23.0. The minimum absolute atomic E-state index is 0.00802. The number of piperazine rings is 1. The number of fused-ring (bicyclic) bond motifs is 1. The lowest BCUT2D eigenvalue weighted by Gasteiger charge is -2.37. The van der Waals surface area contributed by atoms with Crippen molar-refractivity contribution in [3.05, 3.63) is 28.3 Å². The van der Waals surface area contributed by atoms with E-state index >= 15 is 0 Å². The van der Waals surface area contributed by atoms with Gasteiger partial charge in [0.2, 0.25) is 11.8 Å². The molecule has 2 heterocycles. The molecule has 1 unspecified atom stereocenters. The fourth-order valence-electron chi connectivity index (χ4n) is 5.23. The van der Waals surface area contributed by atoms with Crippen molar-refractivity contribution in [2.24, 2.45) is 0 Å². The first-order valence-electron chi connectivity index (χ1n) is 13.6. The number of aryl methyl sites for hydroxylation is 1. The predicted octanol–water partition coefficient (Wildman–Crippen LogP) is 4.45. The van der Waals surface area contributed by atoms with E-state index in [2.05, 4.69) is 17.1 Å². The lowest BCUT2D eigenvalue weighted by atomic mass is 9.89. The van der Waals surface area contributed by atoms with Crippen LogP contribution >= 0.6 is 11.3 Å². The van der Waals surface area contributed by atoms with Crippen LogP contribution in [-0.4, -0.2) is 74.1 Å². The summed E-state index contributed by atoms with van der Waals surface area (Å²) in [4.78, 5) is 36.0. The van der Waals surface area contributed by atoms with Crippen molar-refractivity contribution in [2.75, 3.05) is 52.8 Å². The van der Waals surface area contributed by atoms with E-state index in [1.54, 1.807) is 21.3 Å². The molecule has 1 fully saturated rings. The van der Waals surface area contributed by atoms with Gasteiger partial charge in [-0.3, -0.25) is 14.5 Å². The Morgan fingerprint density at radius 1 is 1.05 bits per heavy atom. The number of benzene rings is 1. The Morgan fingerprint density at radius 2 is 1.76 bits per heavy atom. The smallest absolute Gasteiger partial charge is 0.231 e. The van der Waals surface area contributed by atoms with Crippen molar-refractivity contribution in [3.63, 3.8) is 0 Å². The van der Waals surface area contributed by atoms with E-state index in [4.69, 9.17) is 19.2 Å². The monoisotopic (exact) mass is 544 g/mol. The molecule has 38 heavy (non-hydrogen) atoms. The van der Waals surface area contributed by atoms with Crippen LogP contribution in [0, 0.1) is 0 Å². The number of rotatable bonds is 11. The molecule has 1 aromatic carbocycles. The highest BCUT2D eigenvalue weighted by Gasteiger charge is 2.34. The number of hydrogen-bond acceptors (Lipinski definition) is 8. The largest absolute Gasteiger partial charge is 0.496 e. The van der Waals surface area contributed by atoms with Gasteiger partial charge in [-0.2, -0.15) is 0 Å². The Balaban J connectivity index is 1.37. The summed E-state index contributed by atoms with van der Waals surface area (Å²) in [6.45, 7) is 5.64. The average Bonchev–Trinajstić information content (AvgIpc) is 3.35. The first-order chi connectivity index (χ1) is 18.5. The Kier molecular flexibility index (Phi) is 9.85. The second kappa shape index (κ2) is 13.3. The molecule has 2 amide bonds. The second-order valence-corrected chi connectivity index (χ2v) is 11.0. The second-order valence-electron chi connectivity index (χ2n) is 9.89. The zero-order valence-corrected chi connectivity index (χ0v) is 23.8. The number of amides is 2. The summed E-state index contributed by atoms with van der Waals surface area (Å²) in [5.74, 6) is 2.07. The number of nitrogens with one attached hydrogen (secondary N) is 1. The normalized spacial score (nSPS) is 17.6. The third-order valence-electron chi connectivity index (χ3n) is 7.39. The number of unbranched alkanes of at least 4 members (excludes halogenated alkanes) is 2. The predicted molar refractivity (Wildman–Crippen MR) is 149 cm³/mol. The van der Waals surface area contributed by atoms with Crippen LogP contribution in [-0.2, 0) is 22.6 Å². The summed E-state index contributed by atoms with van der Waals surface area (Å²) in [6.07, 6.45) is 6.22. The first-order valence-corrected chi connectivity index (χ1v) is 14.4. The van der Waals surface area contributed by atoms with Gasteiger partial charge in [-0.05, 0) is 25.7 Å². The molecule has 1 N–H and O–H groups in total. The number of anilines is 1. The summed E-state index contributed by atoms with van der Waals surface area (Å²) in [6, 6.07) is 3.74. The van der Waals surface area contributed by atoms with E-state index in [9.17, 15) is 9.59 Å². The SMILES string of the molecule is CCCCCC(=O)Nc1nc2c(s1)CCCC2C(=O)N1CCN(Cc2c(OC)cc(OC)cc2OC)CC1. The quantitative estimate of drug-likeness (QED) is 0.418. The standard InChI is InChI=1S/C28H40N4O5S/c1-5-6-7-11-25(33)29-28-30-26-20(9-8-10-24(26)38-28)27(34)32-14-12-31(13-15-32)18-21-22(36-3)16-19(35-2)17-23(21)37-4/h16-17,20H,5-15,18H2,1-4H3,(H,29,30,33). The molecule has 1 aliphatic heterocycles. The molecule has 2 aromatic rings. The Hall–Kier alpha value is -2.85. The van der Waals surface area contributed by atoms with E-state index in [0.717, 1.165) is 79.2 Å². The van der Waals surface area contributed by atoms with Gasteiger partial charge in [0.15, 0.2) is 5.13 Å². The zero-order chi connectivity index (χ0) is 27.1. The van der Waals surface area contributed by atoms with Gasteiger partial charge in [-0.25, -0.2) is 4.98 Å². The minimum Gasteiger partial charge on any atom is -0.496 e. The van der Waals surface area contributed by atoms with Crippen molar-refractivity contribution in [1.82, 2.24) is 14.8 Å². The van der Waals surface area contributed by atoms with Crippen LogP contribution in [0.25, 0.3) is 0 Å². The van der Waals surface area contributed by atoms with Crippen LogP contribution in [0.1, 0.15) is 67.5 Å². The van der Waals surface area contributed by atoms with E-state index in [0.29, 0.717) is 36.9 Å². The first kappa shape index (κ1) is 28.2. The highest BCUT2D eigenvalue weighted by atomic mass is 32.1. The Bertz CT molecular complexity index is 1090. The maximum atomic E-state index is 13.6. The van der Waals surface area contributed by atoms with Crippen molar-refractivity contribution < 1.29 is 23.8 Å². The molecule has 0 radical (unpaired) electrons. The number of methoxy groups -OCH3 is 3. The van der Waals surface area contributed by atoms with E-state index < -0.39 is 0 Å². The van der Waals surface area contributed by atoms with Crippen LogP contribution in [0.3, 0.4) is 0 Å². The van der Waals surface area contributed by atoms with Crippen LogP contribution in [0.2, 0.25) is 0 Å². The topological polar surface area (TPSA) is 93.2 Å². The summed E-state index contributed by atoms with van der Waals surface area (Å²) in [5.41, 5.74) is 1.84. The molecule has 9 nitrogen and oxygen atoms in total. The van der Waals surface area contributed by atoms with Crippen molar-refractivity contribution in [3.8, 4) is 17.2 Å². The number of aromatic nitrogens is 1. The van der Waals surface area contributed by atoms with Gasteiger partial charge in [-0.1, -0.05) is 19.8 Å². The number of carbonyl (C=O) groups excluding carboxylic acids is 2. The number of hydrogen-bond donors (Lipinski definition) is 1. The summed E-state index contributed by atoms with van der Waals surface area (Å²) in [5, 5.41) is 3.59. The number of nitrogens with zero attached hydrogens (tertiary/aromatic N) is 3. The van der Waals surface area contributed by atoms with Crippen LogP contribution < -0.4 is 19.5 Å². The molecule has 1 aliphatic carbocycles. The van der Waals surface area contributed by atoms with Crippen LogP contribution in [0.15, 0.2) is 12.1 Å². The summed E-state index contributed by atoms with van der Waals surface area (Å²) >= 11 is 1.53. The van der Waals surface area contributed by atoms with Gasteiger partial charge in [0.05, 0.1) is 38.5 Å². The van der Waals surface area contributed by atoms with Gasteiger partial charge in [0.1, 0.15) is 17.2 Å². The Labute approximate surface area is 229 Å². The molecule has 10 heteroatoms. The molecule has 208 valence electrons. The van der Waals surface area contributed by atoms with E-state index in [1.807, 2.05) is 17.0 Å². The molecular weight excluding hydrogens is 504 g/mol. The molecule has 1 saturated heterocycles. The van der Waals surface area contributed by atoms with E-state index in [1.165, 1.54) is 11.3 Å². The van der Waals surface area contributed by atoms with E-state index in [-0.39, 0.29) is 17.7 Å².